The van der Waals surface area contributed by atoms with E-state index in [1.165, 1.54) is 11.1 Å². The lowest BCUT2D eigenvalue weighted by atomic mass is 10.1. The minimum absolute atomic E-state index is 0.271. The first-order chi connectivity index (χ1) is 12.1. The summed E-state index contributed by atoms with van der Waals surface area (Å²) in [7, 11) is 0. The first kappa shape index (κ1) is 16.3. The van der Waals surface area contributed by atoms with Crippen LogP contribution in [0.3, 0.4) is 0 Å². The number of nitrogens with zero attached hydrogens (tertiary/aromatic N) is 4. The fourth-order valence-corrected chi connectivity index (χ4v) is 4.32. The summed E-state index contributed by atoms with van der Waals surface area (Å²) in [6, 6.07) is 11.0. The maximum atomic E-state index is 9.05. The van der Waals surface area contributed by atoms with Crippen LogP contribution >= 0.6 is 15.9 Å². The Bertz CT molecular complexity index is 1010. The molecule has 0 N–H and O–H groups in total. The lowest BCUT2D eigenvalue weighted by molar-refractivity contribution is 0.566. The van der Waals surface area contributed by atoms with E-state index in [-0.39, 0.29) is 6.04 Å². The highest BCUT2D eigenvalue weighted by molar-refractivity contribution is 9.10. The quantitative estimate of drug-likeness (QED) is 0.648. The van der Waals surface area contributed by atoms with Crippen molar-refractivity contribution >= 4 is 27.1 Å². The van der Waals surface area contributed by atoms with Crippen LogP contribution in [0.5, 0.6) is 0 Å². The number of aryl methyl sites for hydroxylation is 3. The number of hydrogen-bond donors (Lipinski definition) is 0. The molecule has 4 nitrogen and oxygen atoms in total. The summed E-state index contributed by atoms with van der Waals surface area (Å²) in [6.07, 6.45) is 3.33. The Morgan fingerprint density at radius 1 is 1.32 bits per heavy atom. The van der Waals surface area contributed by atoms with E-state index < -0.39 is 0 Å². The van der Waals surface area contributed by atoms with Crippen molar-refractivity contribution in [3.05, 3.63) is 56.9 Å². The minimum atomic E-state index is 0.271. The molecule has 0 radical (unpaired) electrons. The van der Waals surface area contributed by atoms with Crippen molar-refractivity contribution in [1.29, 1.82) is 5.26 Å². The van der Waals surface area contributed by atoms with Gasteiger partial charge in [0.25, 0.3) is 0 Å². The summed E-state index contributed by atoms with van der Waals surface area (Å²) in [5.41, 5.74) is 6.56. The molecule has 1 aliphatic carbocycles. The van der Waals surface area contributed by atoms with E-state index in [0.29, 0.717) is 6.42 Å². The van der Waals surface area contributed by atoms with E-state index in [2.05, 4.69) is 58.6 Å². The molecule has 1 atom stereocenters. The molecule has 0 bridgehead atoms. The standard InChI is InChI=1S/C20H19BrN4/c1-3-18-24-19-12(2)10-15(8-9-22)23-20(19)25(18)17-7-4-13-11-14(21)5-6-16(13)17/h5-6,10-11,17H,3-4,7-8H2,1-2H3/t17-/m0/s1. The molecule has 0 saturated heterocycles. The molecule has 4 rings (SSSR count). The van der Waals surface area contributed by atoms with Crippen LogP contribution in [0, 0.1) is 18.3 Å². The molecule has 2 heterocycles. The van der Waals surface area contributed by atoms with Crippen LogP contribution in [0.25, 0.3) is 11.2 Å². The molecule has 126 valence electrons. The second-order valence-electron chi connectivity index (χ2n) is 6.59. The Balaban J connectivity index is 1.94. The molecule has 0 spiro atoms. The summed E-state index contributed by atoms with van der Waals surface area (Å²) >= 11 is 3.58. The number of aromatic nitrogens is 3. The zero-order valence-corrected chi connectivity index (χ0v) is 16.0. The molecule has 1 aromatic carbocycles. The van der Waals surface area contributed by atoms with E-state index in [0.717, 1.165) is 52.0 Å². The van der Waals surface area contributed by atoms with Gasteiger partial charge >= 0.3 is 0 Å². The summed E-state index contributed by atoms with van der Waals surface area (Å²) < 4.78 is 3.44. The molecule has 0 unspecified atom stereocenters. The second kappa shape index (κ2) is 6.27. The van der Waals surface area contributed by atoms with Gasteiger partial charge in [0.1, 0.15) is 11.3 Å². The van der Waals surface area contributed by atoms with E-state index in [9.17, 15) is 0 Å². The number of nitriles is 1. The third-order valence-corrected chi connectivity index (χ3v) is 5.50. The number of benzene rings is 1. The number of rotatable bonds is 3. The van der Waals surface area contributed by atoms with Gasteiger partial charge in [-0.3, -0.25) is 0 Å². The fraction of sp³-hybridized carbons (Fsp3) is 0.350. The van der Waals surface area contributed by atoms with Gasteiger partial charge in [-0.1, -0.05) is 28.9 Å². The van der Waals surface area contributed by atoms with Crippen molar-refractivity contribution in [3.8, 4) is 6.07 Å². The Labute approximate surface area is 155 Å². The summed E-state index contributed by atoms with van der Waals surface area (Å²) in [5.74, 6) is 1.07. The van der Waals surface area contributed by atoms with Gasteiger partial charge in [0.15, 0.2) is 5.65 Å². The second-order valence-corrected chi connectivity index (χ2v) is 7.50. The molecule has 5 heteroatoms. The van der Waals surface area contributed by atoms with Gasteiger partial charge in [-0.15, -0.1) is 0 Å². The van der Waals surface area contributed by atoms with Gasteiger partial charge in [0.05, 0.1) is 24.2 Å². The normalized spacial score (nSPS) is 16.2. The van der Waals surface area contributed by atoms with E-state index in [1.54, 1.807) is 0 Å². The zero-order chi connectivity index (χ0) is 17.6. The maximum Gasteiger partial charge on any atom is 0.161 e. The van der Waals surface area contributed by atoms with Crippen molar-refractivity contribution in [2.75, 3.05) is 0 Å². The Morgan fingerprint density at radius 3 is 2.92 bits per heavy atom. The third kappa shape index (κ3) is 2.65. The smallest absolute Gasteiger partial charge is 0.161 e. The minimum Gasteiger partial charge on any atom is -0.305 e. The first-order valence-electron chi connectivity index (χ1n) is 8.65. The SMILES string of the molecule is CCc1nc2c(C)cc(CC#N)nc2n1[C@H]1CCc2cc(Br)ccc21. The molecule has 2 aromatic heterocycles. The van der Waals surface area contributed by atoms with Gasteiger partial charge in [-0.05, 0) is 54.7 Å². The number of imidazole rings is 1. The van der Waals surface area contributed by atoms with Crippen molar-refractivity contribution in [3.63, 3.8) is 0 Å². The van der Waals surface area contributed by atoms with Crippen molar-refractivity contribution < 1.29 is 0 Å². The van der Waals surface area contributed by atoms with Crippen molar-refractivity contribution in [2.24, 2.45) is 0 Å². The monoisotopic (exact) mass is 394 g/mol. The molecule has 1 aliphatic rings. The lowest BCUT2D eigenvalue weighted by Gasteiger charge is -2.17. The highest BCUT2D eigenvalue weighted by atomic mass is 79.9. The fourth-order valence-electron chi connectivity index (χ4n) is 3.91. The van der Waals surface area contributed by atoms with Crippen molar-refractivity contribution in [1.82, 2.24) is 14.5 Å². The number of halogens is 1. The van der Waals surface area contributed by atoms with E-state index in [4.69, 9.17) is 15.2 Å². The van der Waals surface area contributed by atoms with Gasteiger partial charge in [-0.2, -0.15) is 5.26 Å². The van der Waals surface area contributed by atoms with Crippen LogP contribution in [0.15, 0.2) is 28.7 Å². The van der Waals surface area contributed by atoms with E-state index >= 15 is 0 Å². The summed E-state index contributed by atoms with van der Waals surface area (Å²) in [4.78, 5) is 9.67. The molecule has 0 aliphatic heterocycles. The number of fused-ring (bicyclic) bond motifs is 2. The Hall–Kier alpha value is -2.19. The molecule has 3 aromatic rings. The summed E-state index contributed by atoms with van der Waals surface area (Å²) in [6.45, 7) is 4.20. The van der Waals surface area contributed by atoms with Crippen molar-refractivity contribution in [2.45, 2.75) is 45.6 Å². The predicted molar refractivity (Wildman–Crippen MR) is 102 cm³/mol. The predicted octanol–water partition coefficient (Wildman–Crippen LogP) is 4.67. The van der Waals surface area contributed by atoms with Crippen LogP contribution in [0.4, 0.5) is 0 Å². The van der Waals surface area contributed by atoms with Crippen LogP contribution < -0.4 is 0 Å². The maximum absolute atomic E-state index is 9.05. The van der Waals surface area contributed by atoms with Crippen LogP contribution in [0.1, 0.15) is 47.6 Å². The van der Waals surface area contributed by atoms with Gasteiger partial charge in [0.2, 0.25) is 0 Å². The largest absolute Gasteiger partial charge is 0.305 e. The third-order valence-electron chi connectivity index (χ3n) is 5.00. The molecular formula is C20H19BrN4. The van der Waals surface area contributed by atoms with Gasteiger partial charge in [0, 0.05) is 10.9 Å². The molecule has 0 fully saturated rings. The zero-order valence-electron chi connectivity index (χ0n) is 14.4. The Kier molecular flexibility index (Phi) is 4.09. The molecule has 0 saturated carbocycles. The molecule has 0 amide bonds. The van der Waals surface area contributed by atoms with Gasteiger partial charge < -0.3 is 4.57 Å². The lowest BCUT2D eigenvalue weighted by Crippen LogP contribution is -2.12. The highest BCUT2D eigenvalue weighted by Gasteiger charge is 2.28. The average molecular weight is 395 g/mol. The number of hydrogen-bond acceptors (Lipinski definition) is 3. The van der Waals surface area contributed by atoms with Crippen LogP contribution in [-0.4, -0.2) is 14.5 Å². The average Bonchev–Trinajstić information content (AvgIpc) is 3.15. The van der Waals surface area contributed by atoms with Crippen LogP contribution in [0.2, 0.25) is 0 Å². The van der Waals surface area contributed by atoms with Gasteiger partial charge in [-0.25, -0.2) is 9.97 Å². The highest BCUT2D eigenvalue weighted by Crippen LogP contribution is 2.38. The first-order valence-corrected chi connectivity index (χ1v) is 9.44. The van der Waals surface area contributed by atoms with Crippen LogP contribution in [-0.2, 0) is 19.3 Å². The topological polar surface area (TPSA) is 54.5 Å². The Morgan fingerprint density at radius 2 is 2.16 bits per heavy atom. The molecule has 25 heavy (non-hydrogen) atoms. The number of pyridine rings is 1. The van der Waals surface area contributed by atoms with E-state index in [1.807, 2.05) is 6.07 Å². The molecular weight excluding hydrogens is 376 g/mol. The summed E-state index contributed by atoms with van der Waals surface area (Å²) in [5, 5.41) is 9.05.